The lowest BCUT2D eigenvalue weighted by Crippen LogP contribution is -2.32. The molecule has 0 N–H and O–H groups in total. The van der Waals surface area contributed by atoms with Gasteiger partial charge in [-0.15, -0.1) is 0 Å². The first kappa shape index (κ1) is 16.1. The molecule has 4 rings (SSSR count). The molecule has 1 fully saturated rings. The molecule has 0 radical (unpaired) electrons. The molecular weight excluding hydrogens is 321 g/mol. The Morgan fingerprint density at radius 2 is 1.96 bits per heavy atom. The number of aryl methyl sites for hydroxylation is 2. The smallest absolute Gasteiger partial charge is 0.258 e. The number of hydrogen-bond donors (Lipinski definition) is 0. The highest BCUT2D eigenvalue weighted by molar-refractivity contribution is 6.10. The van der Waals surface area contributed by atoms with Gasteiger partial charge >= 0.3 is 0 Å². The van der Waals surface area contributed by atoms with Crippen molar-refractivity contribution in [3.05, 3.63) is 58.3 Å². The third-order valence-corrected chi connectivity index (χ3v) is 5.23. The molecule has 2 aromatic rings. The number of likely N-dealkylation sites (tertiary alicyclic amines) is 1. The highest BCUT2D eigenvalue weighted by atomic mass is 19.1. The van der Waals surface area contributed by atoms with Crippen LogP contribution in [0, 0.1) is 12.7 Å². The lowest BCUT2D eigenvalue weighted by molar-refractivity contribution is 0.0729. The fraction of sp³-hybridized carbons (Fsp3) is 0.400. The van der Waals surface area contributed by atoms with E-state index in [-0.39, 0.29) is 23.5 Å². The molecule has 1 atom stereocenters. The minimum Gasteiger partial charge on any atom is -0.465 e. The second-order valence-electron chi connectivity index (χ2n) is 6.82. The molecule has 0 spiro atoms. The summed E-state index contributed by atoms with van der Waals surface area (Å²) in [6.07, 6.45) is 3.67. The van der Waals surface area contributed by atoms with E-state index in [1.165, 1.54) is 12.1 Å². The first-order chi connectivity index (χ1) is 12.1. The van der Waals surface area contributed by atoms with Crippen molar-refractivity contribution in [2.45, 2.75) is 45.1 Å². The first-order valence-electron chi connectivity index (χ1n) is 8.78. The summed E-state index contributed by atoms with van der Waals surface area (Å²) in [5, 5.41) is 0. The Morgan fingerprint density at radius 3 is 2.72 bits per heavy atom. The number of ketones is 1. The minimum atomic E-state index is -0.287. The van der Waals surface area contributed by atoms with Crippen LogP contribution >= 0.6 is 0 Å². The maximum atomic E-state index is 13.2. The number of carbonyl (C=O) groups excluding carboxylic acids is 2. The molecule has 2 heterocycles. The highest BCUT2D eigenvalue weighted by Gasteiger charge is 2.37. The van der Waals surface area contributed by atoms with Crippen molar-refractivity contribution in [3.8, 4) is 0 Å². The maximum absolute atomic E-state index is 13.2. The van der Waals surface area contributed by atoms with Gasteiger partial charge in [-0.25, -0.2) is 4.39 Å². The van der Waals surface area contributed by atoms with Crippen molar-refractivity contribution in [2.75, 3.05) is 6.54 Å². The molecule has 0 bridgehead atoms. The van der Waals surface area contributed by atoms with Gasteiger partial charge in [-0.2, -0.15) is 0 Å². The normalized spacial score (nSPS) is 20.0. The highest BCUT2D eigenvalue weighted by Crippen LogP contribution is 2.36. The van der Waals surface area contributed by atoms with Crippen LogP contribution in [0.25, 0.3) is 0 Å². The number of nitrogens with zero attached hydrogens (tertiary/aromatic N) is 1. The third kappa shape index (κ3) is 2.68. The molecule has 25 heavy (non-hydrogen) atoms. The standard InChI is InChI=1S/C20H20FNO3/c1-12-18(19-16(23)5-2-6-17(19)25-12)20(24)22-11-3-4-15(22)13-7-9-14(21)10-8-13/h7-10,15H,2-6,11H2,1H3/t15-/m0/s1. The summed E-state index contributed by atoms with van der Waals surface area (Å²) in [6.45, 7) is 2.39. The number of halogens is 1. The topological polar surface area (TPSA) is 50.5 Å². The van der Waals surface area contributed by atoms with Gasteiger partial charge in [0, 0.05) is 19.4 Å². The van der Waals surface area contributed by atoms with Gasteiger partial charge in [0.05, 0.1) is 17.2 Å². The predicted octanol–water partition coefficient (Wildman–Crippen LogP) is 4.22. The van der Waals surface area contributed by atoms with E-state index < -0.39 is 0 Å². The zero-order valence-electron chi connectivity index (χ0n) is 14.2. The van der Waals surface area contributed by atoms with Crippen molar-refractivity contribution >= 4 is 11.7 Å². The predicted molar refractivity (Wildman–Crippen MR) is 90.1 cm³/mol. The summed E-state index contributed by atoms with van der Waals surface area (Å²) in [5.41, 5.74) is 1.83. The van der Waals surface area contributed by atoms with Crippen molar-refractivity contribution in [3.63, 3.8) is 0 Å². The van der Waals surface area contributed by atoms with E-state index in [4.69, 9.17) is 4.42 Å². The van der Waals surface area contributed by atoms with Crippen LogP contribution in [-0.4, -0.2) is 23.1 Å². The number of fused-ring (bicyclic) bond motifs is 1. The van der Waals surface area contributed by atoms with Gasteiger partial charge in [0.15, 0.2) is 5.78 Å². The summed E-state index contributed by atoms with van der Waals surface area (Å²) in [7, 11) is 0. The Bertz CT molecular complexity index is 837. The maximum Gasteiger partial charge on any atom is 0.258 e. The Labute approximate surface area is 145 Å². The van der Waals surface area contributed by atoms with Gasteiger partial charge in [0.1, 0.15) is 17.3 Å². The average Bonchev–Trinajstić information content (AvgIpc) is 3.20. The van der Waals surface area contributed by atoms with Crippen molar-refractivity contribution < 1.29 is 18.4 Å². The summed E-state index contributed by atoms with van der Waals surface area (Å²) in [4.78, 5) is 27.4. The van der Waals surface area contributed by atoms with Gasteiger partial charge < -0.3 is 9.32 Å². The van der Waals surface area contributed by atoms with Gasteiger partial charge in [0.2, 0.25) is 0 Å². The van der Waals surface area contributed by atoms with E-state index in [1.54, 1.807) is 24.0 Å². The lowest BCUT2D eigenvalue weighted by Gasteiger charge is -2.25. The number of furan rings is 1. The van der Waals surface area contributed by atoms with E-state index in [2.05, 4.69) is 0 Å². The molecule has 1 aliphatic carbocycles. The molecule has 1 amide bonds. The summed E-state index contributed by atoms with van der Waals surface area (Å²) >= 11 is 0. The van der Waals surface area contributed by atoms with Crippen LogP contribution in [0.1, 0.15) is 69.5 Å². The number of rotatable bonds is 2. The largest absolute Gasteiger partial charge is 0.465 e. The molecule has 5 heteroatoms. The number of carbonyl (C=O) groups is 2. The Balaban J connectivity index is 1.70. The minimum absolute atomic E-state index is 0.000945. The van der Waals surface area contributed by atoms with E-state index in [9.17, 15) is 14.0 Å². The van der Waals surface area contributed by atoms with E-state index in [0.29, 0.717) is 42.0 Å². The molecule has 130 valence electrons. The molecule has 1 saturated heterocycles. The van der Waals surface area contributed by atoms with Crippen LogP contribution in [0.5, 0.6) is 0 Å². The third-order valence-electron chi connectivity index (χ3n) is 5.23. The molecule has 0 saturated carbocycles. The number of benzene rings is 1. The van der Waals surface area contributed by atoms with Crippen LogP contribution in [0.15, 0.2) is 28.7 Å². The molecule has 4 nitrogen and oxygen atoms in total. The zero-order valence-corrected chi connectivity index (χ0v) is 14.2. The summed E-state index contributed by atoms with van der Waals surface area (Å²) < 4.78 is 18.9. The Hall–Kier alpha value is -2.43. The van der Waals surface area contributed by atoms with Crippen LogP contribution in [-0.2, 0) is 6.42 Å². The average molecular weight is 341 g/mol. The van der Waals surface area contributed by atoms with Gasteiger partial charge in [0.25, 0.3) is 5.91 Å². The van der Waals surface area contributed by atoms with Crippen LogP contribution < -0.4 is 0 Å². The van der Waals surface area contributed by atoms with Crippen molar-refractivity contribution in [1.82, 2.24) is 4.90 Å². The number of Topliss-reactive ketones (excluding diaryl/α,β-unsaturated/α-hetero) is 1. The monoisotopic (exact) mass is 341 g/mol. The zero-order chi connectivity index (χ0) is 17.6. The molecule has 2 aliphatic rings. The van der Waals surface area contributed by atoms with E-state index in [0.717, 1.165) is 24.8 Å². The number of hydrogen-bond acceptors (Lipinski definition) is 3. The molecular formula is C20H20FNO3. The quantitative estimate of drug-likeness (QED) is 0.821. The first-order valence-corrected chi connectivity index (χ1v) is 8.78. The van der Waals surface area contributed by atoms with Crippen LogP contribution in [0.4, 0.5) is 4.39 Å². The SMILES string of the molecule is Cc1oc2c(c1C(=O)N1CCC[C@H]1c1ccc(F)cc1)C(=O)CCC2. The van der Waals surface area contributed by atoms with Gasteiger partial charge in [-0.05, 0) is 43.9 Å². The van der Waals surface area contributed by atoms with Gasteiger partial charge in [-0.3, -0.25) is 9.59 Å². The second kappa shape index (κ2) is 6.14. The molecule has 1 aliphatic heterocycles. The van der Waals surface area contributed by atoms with Crippen LogP contribution in [0.3, 0.4) is 0 Å². The molecule has 1 aromatic heterocycles. The summed E-state index contributed by atoms with van der Waals surface area (Å²) in [6, 6.07) is 6.22. The summed E-state index contributed by atoms with van der Waals surface area (Å²) in [5.74, 6) is 0.734. The van der Waals surface area contributed by atoms with Crippen molar-refractivity contribution in [2.24, 2.45) is 0 Å². The Morgan fingerprint density at radius 1 is 1.20 bits per heavy atom. The second-order valence-corrected chi connectivity index (χ2v) is 6.82. The van der Waals surface area contributed by atoms with Gasteiger partial charge in [-0.1, -0.05) is 12.1 Å². The van der Waals surface area contributed by atoms with Crippen molar-refractivity contribution in [1.29, 1.82) is 0 Å². The Kier molecular flexibility index (Phi) is 3.94. The van der Waals surface area contributed by atoms with E-state index >= 15 is 0 Å². The fourth-order valence-electron chi connectivity index (χ4n) is 4.05. The lowest BCUT2D eigenvalue weighted by atomic mass is 9.92. The van der Waals surface area contributed by atoms with E-state index in [1.807, 2.05) is 0 Å². The number of amides is 1. The molecule has 0 unspecified atom stereocenters. The van der Waals surface area contributed by atoms with Crippen LogP contribution in [0.2, 0.25) is 0 Å². The molecule has 1 aromatic carbocycles. The fourth-order valence-corrected chi connectivity index (χ4v) is 4.05.